The first-order valence-electron chi connectivity index (χ1n) is 5.66. The van der Waals surface area contributed by atoms with Crippen molar-refractivity contribution >= 4 is 15.1 Å². The first-order chi connectivity index (χ1) is 7.27. The summed E-state index contributed by atoms with van der Waals surface area (Å²) in [6.45, 7) is 3.21. The molecule has 1 amide bonds. The highest BCUT2D eigenvalue weighted by molar-refractivity contribution is 7.18. The fourth-order valence-corrected chi connectivity index (χ4v) is 2.03. The van der Waals surface area contributed by atoms with Gasteiger partial charge in [0, 0.05) is 6.04 Å². The van der Waals surface area contributed by atoms with Crippen LogP contribution in [0.3, 0.4) is 0 Å². The van der Waals surface area contributed by atoms with Gasteiger partial charge >= 0.3 is 0 Å². The van der Waals surface area contributed by atoms with Crippen LogP contribution in [0.4, 0.5) is 4.39 Å². The summed E-state index contributed by atoms with van der Waals surface area (Å²) in [5.74, 6) is -0.157. The first-order valence-corrected chi connectivity index (χ1v) is 6.24. The number of carbonyl (C=O) groups is 1. The predicted octanol–water partition coefficient (Wildman–Crippen LogP) is 1.60. The lowest BCUT2D eigenvalue weighted by Gasteiger charge is -2.33. The fraction of sp³-hybridized carbons (Fsp3) is 0.909. The number of halogens is 1. The number of rotatable bonds is 3. The van der Waals surface area contributed by atoms with E-state index in [-0.39, 0.29) is 18.6 Å². The second-order valence-electron chi connectivity index (χ2n) is 5.32. The third-order valence-corrected chi connectivity index (χ3v) is 3.74. The minimum atomic E-state index is -1.16. The van der Waals surface area contributed by atoms with E-state index in [1.165, 1.54) is 0 Å². The zero-order chi connectivity index (χ0) is 12.4. The van der Waals surface area contributed by atoms with E-state index in [4.69, 9.17) is 5.11 Å². The molecule has 2 N–H and O–H groups in total. The van der Waals surface area contributed by atoms with Crippen molar-refractivity contribution in [2.75, 3.05) is 6.61 Å². The number of hydrogen-bond donors (Lipinski definition) is 2. The predicted molar refractivity (Wildman–Crippen MR) is 64.8 cm³/mol. The monoisotopic (exact) mass is 249 g/mol. The number of aliphatic hydroxyl groups is 1. The Morgan fingerprint density at radius 2 is 2.06 bits per heavy atom. The largest absolute Gasteiger partial charge is 0.395 e. The Morgan fingerprint density at radius 1 is 1.56 bits per heavy atom. The Labute approximate surface area is 98.4 Å². The molecule has 1 atom stereocenters. The second kappa shape index (κ2) is 4.97. The molecule has 0 radical (unpaired) electrons. The number of alkyl halides is 1. The van der Waals surface area contributed by atoms with Gasteiger partial charge in [0.1, 0.15) is 5.41 Å². The highest BCUT2D eigenvalue weighted by Crippen LogP contribution is 2.37. The van der Waals surface area contributed by atoms with Crippen LogP contribution in [0, 0.1) is 5.41 Å². The number of nitrogens with one attached hydrogen (secondary N) is 1. The molecule has 0 spiro atoms. The Kier molecular flexibility index (Phi) is 4.30. The van der Waals surface area contributed by atoms with E-state index in [0.717, 1.165) is 0 Å². The van der Waals surface area contributed by atoms with E-state index in [2.05, 4.69) is 14.6 Å². The van der Waals surface area contributed by atoms with Gasteiger partial charge in [0.25, 0.3) is 0 Å². The summed E-state index contributed by atoms with van der Waals surface area (Å²) < 4.78 is 13.5. The minimum absolute atomic E-state index is 0.0442. The summed E-state index contributed by atoms with van der Waals surface area (Å²) >= 11 is 0. The summed E-state index contributed by atoms with van der Waals surface area (Å²) in [6.07, 6.45) is 2.24. The molecular formula is C11H21FNO2P. The fourth-order valence-electron chi connectivity index (χ4n) is 1.69. The highest BCUT2D eigenvalue weighted by atomic mass is 31.0. The summed E-state index contributed by atoms with van der Waals surface area (Å²) in [7, 11) is 2.24. The Hall–Kier alpha value is -0.210. The third kappa shape index (κ3) is 3.67. The Morgan fingerprint density at radius 3 is 2.50 bits per heavy atom. The van der Waals surface area contributed by atoms with Crippen LogP contribution in [0.5, 0.6) is 0 Å². The molecule has 94 valence electrons. The highest BCUT2D eigenvalue weighted by Gasteiger charge is 2.34. The third-order valence-electron chi connectivity index (χ3n) is 3.16. The molecule has 1 rings (SSSR count). The SMILES string of the molecule is CC(C)(CO)C(=O)NC1CCC(F)(P)CC1. The topological polar surface area (TPSA) is 49.3 Å². The molecule has 0 heterocycles. The molecule has 0 aliphatic heterocycles. The van der Waals surface area contributed by atoms with Gasteiger partial charge in [-0.15, -0.1) is 0 Å². The van der Waals surface area contributed by atoms with Crippen molar-refractivity contribution < 1.29 is 14.3 Å². The molecule has 1 unspecified atom stereocenters. The van der Waals surface area contributed by atoms with Crippen LogP contribution >= 0.6 is 9.24 Å². The zero-order valence-corrected chi connectivity index (χ0v) is 11.1. The molecule has 1 aliphatic rings. The number of carbonyl (C=O) groups excluding carboxylic acids is 1. The lowest BCUT2D eigenvalue weighted by Crippen LogP contribution is -2.46. The Balaban J connectivity index is 2.43. The van der Waals surface area contributed by atoms with E-state index in [0.29, 0.717) is 25.7 Å². The molecule has 0 bridgehead atoms. The van der Waals surface area contributed by atoms with Crippen LogP contribution in [0.15, 0.2) is 0 Å². The van der Waals surface area contributed by atoms with Crippen molar-refractivity contribution in [3.63, 3.8) is 0 Å². The van der Waals surface area contributed by atoms with Gasteiger partial charge in [0.2, 0.25) is 5.91 Å². The van der Waals surface area contributed by atoms with Gasteiger partial charge in [-0.25, -0.2) is 4.39 Å². The van der Waals surface area contributed by atoms with Crippen molar-refractivity contribution in [3.05, 3.63) is 0 Å². The molecule has 0 aromatic carbocycles. The summed E-state index contributed by atoms with van der Waals surface area (Å²) in [4.78, 5) is 11.8. The maximum absolute atomic E-state index is 13.5. The summed E-state index contributed by atoms with van der Waals surface area (Å²) in [6, 6.07) is 0.0442. The molecule has 0 aromatic heterocycles. The van der Waals surface area contributed by atoms with Gasteiger partial charge in [-0.3, -0.25) is 4.79 Å². The lowest BCUT2D eigenvalue weighted by molar-refractivity contribution is -0.132. The standard InChI is InChI=1S/C11H21FNO2P/c1-10(2,7-14)9(15)13-8-3-5-11(12,16)6-4-8/h8,14H,3-7,16H2,1-2H3,(H,13,15). The van der Waals surface area contributed by atoms with Gasteiger partial charge in [0.05, 0.1) is 12.0 Å². The number of hydrogen-bond acceptors (Lipinski definition) is 2. The molecule has 0 saturated heterocycles. The Bertz CT molecular complexity index is 259. The molecule has 1 saturated carbocycles. The normalized spacial score (nSPS) is 31.2. The quantitative estimate of drug-likeness (QED) is 0.746. The first kappa shape index (κ1) is 13.9. The van der Waals surface area contributed by atoms with Crippen LogP contribution in [0.25, 0.3) is 0 Å². The zero-order valence-electron chi connectivity index (χ0n) is 9.92. The smallest absolute Gasteiger partial charge is 0.228 e. The average Bonchev–Trinajstić information content (AvgIpc) is 2.21. The van der Waals surface area contributed by atoms with E-state index in [9.17, 15) is 9.18 Å². The van der Waals surface area contributed by atoms with E-state index >= 15 is 0 Å². The van der Waals surface area contributed by atoms with Gasteiger partial charge < -0.3 is 10.4 Å². The van der Waals surface area contributed by atoms with Gasteiger partial charge in [-0.2, -0.15) is 0 Å². The van der Waals surface area contributed by atoms with Crippen molar-refractivity contribution in [2.45, 2.75) is 51.0 Å². The van der Waals surface area contributed by atoms with Gasteiger partial charge in [-0.1, -0.05) is 9.24 Å². The van der Waals surface area contributed by atoms with E-state index in [1.54, 1.807) is 13.8 Å². The maximum atomic E-state index is 13.5. The molecule has 1 aliphatic carbocycles. The molecule has 0 aromatic rings. The molecular weight excluding hydrogens is 228 g/mol. The van der Waals surface area contributed by atoms with Crippen molar-refractivity contribution in [3.8, 4) is 0 Å². The van der Waals surface area contributed by atoms with E-state index in [1.807, 2.05) is 0 Å². The van der Waals surface area contributed by atoms with Crippen LogP contribution < -0.4 is 5.32 Å². The average molecular weight is 249 g/mol. The number of amides is 1. The molecule has 5 heteroatoms. The van der Waals surface area contributed by atoms with Crippen LogP contribution in [-0.2, 0) is 4.79 Å². The van der Waals surface area contributed by atoms with Crippen molar-refractivity contribution in [1.82, 2.24) is 5.32 Å². The second-order valence-corrected chi connectivity index (χ2v) is 6.36. The van der Waals surface area contributed by atoms with Crippen LogP contribution in [-0.4, -0.2) is 29.1 Å². The van der Waals surface area contributed by atoms with E-state index < -0.39 is 10.8 Å². The molecule has 16 heavy (non-hydrogen) atoms. The summed E-state index contributed by atoms with van der Waals surface area (Å²) in [5.41, 5.74) is -0.759. The van der Waals surface area contributed by atoms with Gasteiger partial charge in [0.15, 0.2) is 0 Å². The maximum Gasteiger partial charge on any atom is 0.228 e. The van der Waals surface area contributed by atoms with Crippen molar-refractivity contribution in [2.24, 2.45) is 5.41 Å². The van der Waals surface area contributed by atoms with Crippen LogP contribution in [0.2, 0.25) is 0 Å². The van der Waals surface area contributed by atoms with Gasteiger partial charge in [-0.05, 0) is 39.5 Å². The lowest BCUT2D eigenvalue weighted by atomic mass is 9.90. The summed E-state index contributed by atoms with van der Waals surface area (Å²) in [5, 5.41) is 10.8. The van der Waals surface area contributed by atoms with Crippen molar-refractivity contribution in [1.29, 1.82) is 0 Å². The number of aliphatic hydroxyl groups excluding tert-OH is 1. The minimum Gasteiger partial charge on any atom is -0.395 e. The van der Waals surface area contributed by atoms with Crippen LogP contribution in [0.1, 0.15) is 39.5 Å². The molecule has 1 fully saturated rings. The molecule has 3 nitrogen and oxygen atoms in total.